The summed E-state index contributed by atoms with van der Waals surface area (Å²) >= 11 is 0. The highest BCUT2D eigenvalue weighted by Crippen LogP contribution is 2.17. The summed E-state index contributed by atoms with van der Waals surface area (Å²) in [5, 5.41) is 3.05. The lowest BCUT2D eigenvalue weighted by Gasteiger charge is -2.01. The molecule has 2 aromatic rings. The Kier molecular flexibility index (Phi) is 3.47. The zero-order valence-electron chi connectivity index (χ0n) is 10.4. The van der Waals surface area contributed by atoms with E-state index in [1.165, 1.54) is 7.11 Å². The molecule has 96 valence electrons. The van der Waals surface area contributed by atoms with Gasteiger partial charge in [-0.2, -0.15) is 0 Å². The van der Waals surface area contributed by atoms with Gasteiger partial charge in [0.25, 0.3) is 0 Å². The standard InChI is InChI=1S/C12H16N4O2/c1-14-5-3-10-15-11(12(17)18-2)9-7-8(13)4-6-16(9)10/h4,6-7,14H,3,5,13H2,1-2H3. The Labute approximate surface area is 105 Å². The Bertz CT molecular complexity index is 577. The molecular weight excluding hydrogens is 232 g/mol. The fourth-order valence-electron chi connectivity index (χ4n) is 1.82. The molecule has 2 aromatic heterocycles. The second-order valence-electron chi connectivity index (χ2n) is 3.94. The van der Waals surface area contributed by atoms with Crippen LogP contribution in [0.5, 0.6) is 0 Å². The van der Waals surface area contributed by atoms with E-state index < -0.39 is 5.97 Å². The van der Waals surface area contributed by atoms with E-state index in [1.807, 2.05) is 17.6 Å². The van der Waals surface area contributed by atoms with Crippen molar-refractivity contribution in [2.75, 3.05) is 26.4 Å². The van der Waals surface area contributed by atoms with Crippen molar-refractivity contribution in [2.24, 2.45) is 0 Å². The van der Waals surface area contributed by atoms with Crippen molar-refractivity contribution in [1.82, 2.24) is 14.7 Å². The number of fused-ring (bicyclic) bond motifs is 1. The van der Waals surface area contributed by atoms with Gasteiger partial charge in [-0.1, -0.05) is 0 Å². The molecule has 6 heteroatoms. The molecule has 3 N–H and O–H groups in total. The highest BCUT2D eigenvalue weighted by molar-refractivity contribution is 5.95. The molecule has 0 spiro atoms. The SMILES string of the molecule is CNCCc1nc(C(=O)OC)c2cc(N)ccn12. The van der Waals surface area contributed by atoms with Gasteiger partial charge < -0.3 is 20.2 Å². The monoisotopic (exact) mass is 248 g/mol. The lowest BCUT2D eigenvalue weighted by molar-refractivity contribution is 0.0597. The summed E-state index contributed by atoms with van der Waals surface area (Å²) in [4.78, 5) is 16.0. The number of nitrogens with two attached hydrogens (primary N) is 1. The third kappa shape index (κ3) is 2.14. The maximum atomic E-state index is 11.7. The highest BCUT2D eigenvalue weighted by atomic mass is 16.5. The largest absolute Gasteiger partial charge is 0.464 e. The van der Waals surface area contributed by atoms with Crippen LogP contribution in [0, 0.1) is 0 Å². The molecule has 2 heterocycles. The number of carbonyl (C=O) groups is 1. The molecule has 0 saturated heterocycles. The summed E-state index contributed by atoms with van der Waals surface area (Å²) in [5.74, 6) is 0.355. The number of methoxy groups -OCH3 is 1. The van der Waals surface area contributed by atoms with Crippen LogP contribution >= 0.6 is 0 Å². The number of anilines is 1. The van der Waals surface area contributed by atoms with Crippen LogP contribution in [-0.4, -0.2) is 36.1 Å². The number of hydrogen-bond acceptors (Lipinski definition) is 5. The number of aromatic nitrogens is 2. The Morgan fingerprint density at radius 3 is 3.06 bits per heavy atom. The molecular formula is C12H16N4O2. The van der Waals surface area contributed by atoms with Gasteiger partial charge in [0.05, 0.1) is 12.6 Å². The summed E-state index contributed by atoms with van der Waals surface area (Å²) in [7, 11) is 3.21. The maximum absolute atomic E-state index is 11.7. The molecule has 0 radical (unpaired) electrons. The molecule has 0 unspecified atom stereocenters. The summed E-state index contributed by atoms with van der Waals surface area (Å²) < 4.78 is 6.59. The fraction of sp³-hybridized carbons (Fsp3) is 0.333. The Morgan fingerprint density at radius 1 is 1.61 bits per heavy atom. The van der Waals surface area contributed by atoms with Crippen molar-refractivity contribution in [3.63, 3.8) is 0 Å². The number of nitrogen functional groups attached to an aromatic ring is 1. The fourth-order valence-corrected chi connectivity index (χ4v) is 1.82. The zero-order chi connectivity index (χ0) is 13.1. The van der Waals surface area contributed by atoms with Crippen LogP contribution in [-0.2, 0) is 11.2 Å². The minimum Gasteiger partial charge on any atom is -0.464 e. The van der Waals surface area contributed by atoms with Crippen LogP contribution in [0.25, 0.3) is 5.52 Å². The molecule has 0 aliphatic rings. The normalized spacial score (nSPS) is 10.8. The molecule has 0 atom stereocenters. The van der Waals surface area contributed by atoms with Crippen molar-refractivity contribution in [1.29, 1.82) is 0 Å². The van der Waals surface area contributed by atoms with E-state index in [2.05, 4.69) is 10.3 Å². The van der Waals surface area contributed by atoms with E-state index in [9.17, 15) is 4.79 Å². The van der Waals surface area contributed by atoms with Gasteiger partial charge in [-0.05, 0) is 19.2 Å². The number of ether oxygens (including phenoxy) is 1. The number of nitrogens with one attached hydrogen (secondary N) is 1. The minimum atomic E-state index is -0.450. The Hall–Kier alpha value is -2.08. The lowest BCUT2D eigenvalue weighted by atomic mass is 10.3. The minimum absolute atomic E-state index is 0.302. The first-order chi connectivity index (χ1) is 8.67. The molecule has 0 aliphatic heterocycles. The van der Waals surface area contributed by atoms with Gasteiger partial charge in [-0.3, -0.25) is 0 Å². The second kappa shape index (κ2) is 5.05. The van der Waals surface area contributed by atoms with Gasteiger partial charge in [-0.15, -0.1) is 0 Å². The van der Waals surface area contributed by atoms with Gasteiger partial charge in [0, 0.05) is 24.8 Å². The van der Waals surface area contributed by atoms with Crippen molar-refractivity contribution < 1.29 is 9.53 Å². The lowest BCUT2D eigenvalue weighted by Crippen LogP contribution is -2.12. The highest BCUT2D eigenvalue weighted by Gasteiger charge is 2.17. The second-order valence-corrected chi connectivity index (χ2v) is 3.94. The number of esters is 1. The molecule has 2 rings (SSSR count). The summed E-state index contributed by atoms with van der Waals surface area (Å²) in [6, 6.07) is 3.50. The number of carbonyl (C=O) groups excluding carboxylic acids is 1. The number of hydrogen-bond donors (Lipinski definition) is 2. The van der Waals surface area contributed by atoms with Crippen LogP contribution in [0.4, 0.5) is 5.69 Å². The molecule has 0 aliphatic carbocycles. The summed E-state index contributed by atoms with van der Waals surface area (Å²) in [5.41, 5.74) is 7.30. The first-order valence-electron chi connectivity index (χ1n) is 5.66. The van der Waals surface area contributed by atoms with Crippen LogP contribution in [0.2, 0.25) is 0 Å². The van der Waals surface area contributed by atoms with E-state index in [0.717, 1.165) is 18.8 Å². The smallest absolute Gasteiger partial charge is 0.358 e. The van der Waals surface area contributed by atoms with Crippen molar-refractivity contribution in [3.8, 4) is 0 Å². The summed E-state index contributed by atoms with van der Waals surface area (Å²) in [6.07, 6.45) is 2.54. The van der Waals surface area contributed by atoms with E-state index in [4.69, 9.17) is 10.5 Å². The topological polar surface area (TPSA) is 81.6 Å². The van der Waals surface area contributed by atoms with E-state index in [-0.39, 0.29) is 0 Å². The van der Waals surface area contributed by atoms with E-state index in [0.29, 0.717) is 16.9 Å². The predicted molar refractivity (Wildman–Crippen MR) is 68.6 cm³/mol. The number of imidazole rings is 1. The number of pyridine rings is 1. The maximum Gasteiger partial charge on any atom is 0.358 e. The quantitative estimate of drug-likeness (QED) is 0.768. The van der Waals surface area contributed by atoms with Crippen LogP contribution in [0.15, 0.2) is 18.3 Å². The molecule has 18 heavy (non-hydrogen) atoms. The molecule has 0 bridgehead atoms. The molecule has 0 fully saturated rings. The molecule has 6 nitrogen and oxygen atoms in total. The zero-order valence-corrected chi connectivity index (χ0v) is 10.4. The van der Waals surface area contributed by atoms with Gasteiger partial charge in [-0.25, -0.2) is 9.78 Å². The number of likely N-dealkylation sites (N-methyl/N-ethyl adjacent to an activating group) is 1. The van der Waals surface area contributed by atoms with Crippen LogP contribution < -0.4 is 11.1 Å². The Balaban J connectivity index is 2.56. The predicted octanol–water partition coefficient (Wildman–Crippen LogP) is 0.465. The van der Waals surface area contributed by atoms with Crippen LogP contribution in [0.3, 0.4) is 0 Å². The average molecular weight is 248 g/mol. The third-order valence-corrected chi connectivity index (χ3v) is 2.72. The average Bonchev–Trinajstić information content (AvgIpc) is 2.73. The van der Waals surface area contributed by atoms with Gasteiger partial charge in [0.2, 0.25) is 0 Å². The van der Waals surface area contributed by atoms with E-state index >= 15 is 0 Å². The van der Waals surface area contributed by atoms with Crippen molar-refractivity contribution in [2.45, 2.75) is 6.42 Å². The van der Waals surface area contributed by atoms with Crippen molar-refractivity contribution >= 4 is 17.2 Å². The third-order valence-electron chi connectivity index (χ3n) is 2.72. The van der Waals surface area contributed by atoms with Gasteiger partial charge in [0.1, 0.15) is 5.82 Å². The first-order valence-corrected chi connectivity index (χ1v) is 5.66. The summed E-state index contributed by atoms with van der Waals surface area (Å²) in [6.45, 7) is 0.782. The van der Waals surface area contributed by atoms with E-state index in [1.54, 1.807) is 12.1 Å². The Morgan fingerprint density at radius 2 is 2.39 bits per heavy atom. The molecule has 0 amide bonds. The van der Waals surface area contributed by atoms with Crippen molar-refractivity contribution in [3.05, 3.63) is 29.8 Å². The van der Waals surface area contributed by atoms with Crippen LogP contribution in [0.1, 0.15) is 16.3 Å². The van der Waals surface area contributed by atoms with Gasteiger partial charge >= 0.3 is 5.97 Å². The number of rotatable bonds is 4. The number of nitrogens with zero attached hydrogens (tertiary/aromatic N) is 2. The molecule has 0 aromatic carbocycles. The first kappa shape index (κ1) is 12.4. The molecule has 0 saturated carbocycles. The van der Waals surface area contributed by atoms with Gasteiger partial charge in [0.15, 0.2) is 5.69 Å².